The number of sulfonamides is 1. The van der Waals surface area contributed by atoms with E-state index in [9.17, 15) is 18.0 Å². The highest BCUT2D eigenvalue weighted by Crippen LogP contribution is 2.45. The fourth-order valence-electron chi connectivity index (χ4n) is 4.68. The van der Waals surface area contributed by atoms with Crippen LogP contribution in [-0.4, -0.2) is 68.9 Å². The molecule has 1 aromatic heterocycles. The van der Waals surface area contributed by atoms with Crippen molar-refractivity contribution in [3.63, 3.8) is 0 Å². The van der Waals surface area contributed by atoms with Crippen LogP contribution in [-0.2, 0) is 19.6 Å². The first-order valence-corrected chi connectivity index (χ1v) is 13.7. The summed E-state index contributed by atoms with van der Waals surface area (Å²) >= 11 is 0. The van der Waals surface area contributed by atoms with Crippen LogP contribution in [0.1, 0.15) is 25.7 Å². The molecule has 1 saturated heterocycles. The molecule has 1 aromatic carbocycles. The third-order valence-corrected chi connectivity index (χ3v) is 8.94. The van der Waals surface area contributed by atoms with Crippen molar-refractivity contribution in [2.24, 2.45) is 5.92 Å². The van der Waals surface area contributed by atoms with Crippen LogP contribution in [0.4, 0.5) is 0 Å². The maximum Gasteiger partial charge on any atom is 0.259 e. The number of carbonyl (C=O) groups excluding carboxylic acids is 2. The van der Waals surface area contributed by atoms with Crippen molar-refractivity contribution in [3.8, 4) is 17.5 Å². The van der Waals surface area contributed by atoms with Gasteiger partial charge >= 0.3 is 0 Å². The van der Waals surface area contributed by atoms with Gasteiger partial charge < -0.3 is 24.8 Å². The molecule has 12 heteroatoms. The Kier molecular flexibility index (Phi) is 6.48. The van der Waals surface area contributed by atoms with E-state index in [1.807, 2.05) is 18.2 Å². The molecule has 2 saturated carbocycles. The van der Waals surface area contributed by atoms with Crippen LogP contribution in [0.15, 0.2) is 36.9 Å². The van der Waals surface area contributed by atoms with E-state index in [1.54, 1.807) is 19.3 Å². The molecule has 3 N–H and O–H groups in total. The Bertz CT molecular complexity index is 1360. The monoisotopic (exact) mass is 530 g/mol. The lowest BCUT2D eigenvalue weighted by Gasteiger charge is -2.21. The van der Waals surface area contributed by atoms with E-state index in [2.05, 4.69) is 26.9 Å². The number of carbonyl (C=O) groups is 2. The van der Waals surface area contributed by atoms with E-state index in [1.165, 1.54) is 7.11 Å². The molecule has 3 fully saturated rings. The molecule has 5 rings (SSSR count). The molecule has 2 amide bonds. The topological polar surface area (TPSA) is 145 Å². The largest absolute Gasteiger partial charge is 0.497 e. The van der Waals surface area contributed by atoms with Gasteiger partial charge in [-0.3, -0.25) is 14.3 Å². The van der Waals surface area contributed by atoms with E-state index in [4.69, 9.17) is 14.2 Å². The van der Waals surface area contributed by atoms with Gasteiger partial charge in [-0.2, -0.15) is 4.98 Å². The zero-order chi connectivity index (χ0) is 26.4. The minimum atomic E-state index is -3.73. The first kappa shape index (κ1) is 25.3. The van der Waals surface area contributed by atoms with Crippen molar-refractivity contribution >= 4 is 32.6 Å². The molecule has 37 heavy (non-hydrogen) atoms. The van der Waals surface area contributed by atoms with Crippen molar-refractivity contribution < 1.29 is 32.2 Å². The minimum absolute atomic E-state index is 0.296. The number of hydrogen-bond donors (Lipinski definition) is 3. The second-order valence-corrected chi connectivity index (χ2v) is 11.6. The predicted octanol–water partition coefficient (Wildman–Crippen LogP) is 1.03. The molecular weight excluding hydrogens is 500 g/mol. The smallest absolute Gasteiger partial charge is 0.259 e. The number of methoxy groups -OCH3 is 2. The first-order chi connectivity index (χ1) is 17.7. The van der Waals surface area contributed by atoms with Crippen molar-refractivity contribution in [2.75, 3.05) is 20.8 Å². The fraction of sp³-hybridized carbons (Fsp3) is 0.480. The molecular formula is C25H30N4O7S. The second kappa shape index (κ2) is 9.49. The van der Waals surface area contributed by atoms with Gasteiger partial charge in [0.1, 0.15) is 17.4 Å². The Morgan fingerprint density at radius 1 is 1.22 bits per heavy atom. The van der Waals surface area contributed by atoms with E-state index in [0.717, 1.165) is 10.8 Å². The van der Waals surface area contributed by atoms with E-state index in [0.29, 0.717) is 49.7 Å². The molecule has 198 valence electrons. The van der Waals surface area contributed by atoms with Crippen LogP contribution in [0, 0.1) is 5.92 Å². The van der Waals surface area contributed by atoms with Crippen LogP contribution in [0.5, 0.6) is 17.5 Å². The van der Waals surface area contributed by atoms with E-state index in [-0.39, 0.29) is 12.0 Å². The number of amides is 2. The maximum absolute atomic E-state index is 13.1. The summed E-state index contributed by atoms with van der Waals surface area (Å²) in [6, 6.07) is 6.68. The van der Waals surface area contributed by atoms with Crippen LogP contribution in [0.2, 0.25) is 0 Å². The summed E-state index contributed by atoms with van der Waals surface area (Å²) < 4.78 is 43.5. The van der Waals surface area contributed by atoms with Gasteiger partial charge in [0.15, 0.2) is 0 Å². The molecule has 0 unspecified atom stereocenters. The highest BCUT2D eigenvalue weighted by molar-refractivity contribution is 7.91. The number of nitrogens with zero attached hydrogens (tertiary/aromatic N) is 1. The lowest BCUT2D eigenvalue weighted by molar-refractivity contribution is -0.130. The Morgan fingerprint density at radius 2 is 2.00 bits per heavy atom. The Morgan fingerprint density at radius 3 is 2.65 bits per heavy atom. The molecule has 0 bridgehead atoms. The van der Waals surface area contributed by atoms with Crippen molar-refractivity contribution in [2.45, 2.75) is 48.6 Å². The van der Waals surface area contributed by atoms with Gasteiger partial charge in [-0.15, -0.1) is 6.58 Å². The molecule has 4 atom stereocenters. The predicted molar refractivity (Wildman–Crippen MR) is 135 cm³/mol. The van der Waals surface area contributed by atoms with Crippen LogP contribution < -0.4 is 29.6 Å². The summed E-state index contributed by atoms with van der Waals surface area (Å²) in [5, 5.41) is 6.98. The molecule has 11 nitrogen and oxygen atoms in total. The lowest BCUT2D eigenvalue weighted by atomic mass is 10.1. The summed E-state index contributed by atoms with van der Waals surface area (Å²) in [5.41, 5.74) is -1.31. The number of fused-ring (bicyclic) bond motifs is 1. The minimum Gasteiger partial charge on any atom is -0.497 e. The number of rotatable bonds is 10. The third kappa shape index (κ3) is 4.95. The van der Waals surface area contributed by atoms with Crippen molar-refractivity contribution in [1.29, 1.82) is 0 Å². The molecule has 2 aromatic rings. The fourth-order valence-corrected chi connectivity index (χ4v) is 6.04. The average molecular weight is 531 g/mol. The van der Waals surface area contributed by atoms with Gasteiger partial charge in [-0.25, -0.2) is 8.42 Å². The molecule has 2 aliphatic carbocycles. The first-order valence-electron chi connectivity index (χ1n) is 12.1. The highest BCUT2D eigenvalue weighted by atomic mass is 32.2. The SMILES string of the molecule is C=C[C@@H]1C[C@]1(NC(=O)[C@@H]1C[C@@H](Oc2nc(OC)cc3cc(OC)ccc23)CN1)C(=O)NS(=O)(=O)C1CC1. The quantitative estimate of drug-likeness (QED) is 0.384. The molecule has 1 aliphatic heterocycles. The van der Waals surface area contributed by atoms with Crippen LogP contribution in [0.25, 0.3) is 10.8 Å². The van der Waals surface area contributed by atoms with Crippen molar-refractivity contribution in [3.05, 3.63) is 36.9 Å². The third-order valence-electron chi connectivity index (χ3n) is 7.12. The van der Waals surface area contributed by atoms with Gasteiger partial charge in [0.2, 0.25) is 27.7 Å². The van der Waals surface area contributed by atoms with Gasteiger partial charge in [0, 0.05) is 30.3 Å². The van der Waals surface area contributed by atoms with Gasteiger partial charge in [-0.1, -0.05) is 6.08 Å². The summed E-state index contributed by atoms with van der Waals surface area (Å²) in [5.74, 6) is -0.0156. The summed E-state index contributed by atoms with van der Waals surface area (Å²) in [6.07, 6.45) is 2.89. The van der Waals surface area contributed by atoms with Crippen molar-refractivity contribution in [1.82, 2.24) is 20.3 Å². The second-order valence-electron chi connectivity index (χ2n) is 9.68. The Balaban J connectivity index is 1.26. The standard InChI is InChI=1S/C25H30N4O7S/c1-4-15-12-25(15,24(31)29-37(32,33)18-6-7-18)28-22(30)20-11-17(13-26-20)36-23-19-8-5-16(34-2)9-14(19)10-21(27-23)35-3/h4-5,8-10,15,17-18,20,26H,1,6-7,11-13H2,2-3H3,(H,28,30)(H,29,31)/t15-,17-,20+,25-/m1/s1. The van der Waals surface area contributed by atoms with E-state index < -0.39 is 38.7 Å². The lowest BCUT2D eigenvalue weighted by Crippen LogP contribution is -2.55. The number of ether oxygens (including phenoxy) is 3. The van der Waals surface area contributed by atoms with Crippen LogP contribution in [0.3, 0.4) is 0 Å². The number of benzene rings is 1. The van der Waals surface area contributed by atoms with Crippen LogP contribution >= 0.6 is 0 Å². The molecule has 2 heterocycles. The normalized spacial score (nSPS) is 26.8. The average Bonchev–Trinajstić information content (AvgIpc) is 3.80. The molecule has 0 radical (unpaired) electrons. The number of hydrogen-bond acceptors (Lipinski definition) is 9. The Hall–Kier alpha value is -3.38. The van der Waals surface area contributed by atoms with Gasteiger partial charge in [0.25, 0.3) is 5.91 Å². The number of nitrogens with one attached hydrogen (secondary N) is 3. The zero-order valence-electron chi connectivity index (χ0n) is 20.7. The highest BCUT2D eigenvalue weighted by Gasteiger charge is 2.61. The summed E-state index contributed by atoms with van der Waals surface area (Å²) in [7, 11) is -0.625. The zero-order valence-corrected chi connectivity index (χ0v) is 21.5. The summed E-state index contributed by atoms with van der Waals surface area (Å²) in [4.78, 5) is 30.5. The maximum atomic E-state index is 13.1. The van der Waals surface area contributed by atoms with E-state index >= 15 is 0 Å². The molecule has 0 spiro atoms. The Labute approximate surface area is 215 Å². The van der Waals surface area contributed by atoms with Gasteiger partial charge in [-0.05, 0) is 42.8 Å². The molecule has 3 aliphatic rings. The van der Waals surface area contributed by atoms with Gasteiger partial charge in [0.05, 0.1) is 25.5 Å². The number of aromatic nitrogens is 1. The summed E-state index contributed by atoms with van der Waals surface area (Å²) in [6.45, 7) is 4.10. The number of pyridine rings is 1.